The molecule has 0 unspecified atom stereocenters. The molecule has 3 rings (SSSR count). The largest absolute Gasteiger partial charge is 0.326 e. The van der Waals surface area contributed by atoms with Crippen molar-refractivity contribution in [3.05, 3.63) is 59.2 Å². The molecule has 2 heterocycles. The van der Waals surface area contributed by atoms with E-state index in [0.29, 0.717) is 23.9 Å². The van der Waals surface area contributed by atoms with E-state index in [2.05, 4.69) is 27.3 Å². The average molecular weight is 331 g/mol. The number of rotatable bonds is 4. The van der Waals surface area contributed by atoms with Crippen molar-refractivity contribution in [1.82, 2.24) is 9.88 Å². The Balaban J connectivity index is 1.56. The first-order chi connectivity index (χ1) is 11.1. The second kappa shape index (κ2) is 7.08. The van der Waals surface area contributed by atoms with Gasteiger partial charge in [-0.05, 0) is 17.7 Å². The Hall–Kier alpha value is -1.95. The van der Waals surface area contributed by atoms with E-state index in [1.54, 1.807) is 12.1 Å². The van der Waals surface area contributed by atoms with Crippen molar-refractivity contribution in [2.75, 3.05) is 25.0 Å². The highest BCUT2D eigenvalue weighted by molar-refractivity contribution is 6.30. The van der Waals surface area contributed by atoms with Crippen molar-refractivity contribution in [2.45, 2.75) is 12.0 Å². The molecular weight excluding hydrogens is 312 g/mol. The van der Waals surface area contributed by atoms with Crippen molar-refractivity contribution >= 4 is 23.3 Å². The summed E-state index contributed by atoms with van der Waals surface area (Å²) in [6, 6.07) is 13.6. The Morgan fingerprint density at radius 2 is 2.04 bits per heavy atom. The summed E-state index contributed by atoms with van der Waals surface area (Å²) in [5.74, 6) is 0.667. The Bertz CT molecular complexity index is 662. The first-order valence-electron chi connectivity index (χ1n) is 7.56. The minimum atomic E-state index is -0.0965. The predicted octanol–water partition coefficient (Wildman–Crippen LogP) is 2.10. The van der Waals surface area contributed by atoms with Gasteiger partial charge in [0.05, 0.1) is 11.6 Å². The Kier molecular flexibility index (Phi) is 4.91. The highest BCUT2D eigenvalue weighted by Crippen LogP contribution is 2.26. The number of likely N-dealkylation sites (tertiary alicyclic amines) is 1. The molecule has 0 saturated carbocycles. The summed E-state index contributed by atoms with van der Waals surface area (Å²) in [6.45, 7) is 1.80. The molecule has 1 aliphatic rings. The first kappa shape index (κ1) is 15.9. The molecule has 1 aliphatic heterocycles. The third kappa shape index (κ3) is 4.07. The van der Waals surface area contributed by atoms with Gasteiger partial charge in [-0.25, -0.2) is 4.98 Å². The van der Waals surface area contributed by atoms with Crippen LogP contribution in [0.1, 0.15) is 11.5 Å². The molecule has 120 valence electrons. The highest BCUT2D eigenvalue weighted by Gasteiger charge is 2.31. The fraction of sp³-hybridized carbons (Fsp3) is 0.294. The maximum absolute atomic E-state index is 12.1. The number of nitrogens with one attached hydrogen (secondary N) is 1. The van der Waals surface area contributed by atoms with E-state index >= 15 is 0 Å². The van der Waals surface area contributed by atoms with Crippen LogP contribution in [0.2, 0.25) is 5.02 Å². The molecule has 23 heavy (non-hydrogen) atoms. The van der Waals surface area contributed by atoms with E-state index in [4.69, 9.17) is 17.3 Å². The van der Waals surface area contributed by atoms with Crippen molar-refractivity contribution in [1.29, 1.82) is 0 Å². The lowest BCUT2D eigenvalue weighted by molar-refractivity contribution is -0.117. The third-order valence-electron chi connectivity index (χ3n) is 4.03. The molecule has 0 aliphatic carbocycles. The van der Waals surface area contributed by atoms with Crippen molar-refractivity contribution < 1.29 is 4.79 Å². The fourth-order valence-electron chi connectivity index (χ4n) is 2.93. The van der Waals surface area contributed by atoms with Crippen molar-refractivity contribution in [3.63, 3.8) is 0 Å². The second-order valence-corrected chi connectivity index (χ2v) is 6.22. The topological polar surface area (TPSA) is 71.2 Å². The highest BCUT2D eigenvalue weighted by atomic mass is 35.5. The van der Waals surface area contributed by atoms with Crippen LogP contribution in [0.3, 0.4) is 0 Å². The maximum atomic E-state index is 12.1. The number of aromatic nitrogens is 1. The van der Waals surface area contributed by atoms with Gasteiger partial charge in [0.15, 0.2) is 0 Å². The molecule has 1 aromatic heterocycles. The van der Waals surface area contributed by atoms with Gasteiger partial charge in [-0.1, -0.05) is 41.9 Å². The number of hydrogen-bond donors (Lipinski definition) is 2. The molecule has 0 bridgehead atoms. The van der Waals surface area contributed by atoms with E-state index in [1.807, 2.05) is 18.2 Å². The fourth-order valence-corrected chi connectivity index (χ4v) is 3.04. The van der Waals surface area contributed by atoms with Gasteiger partial charge in [0.2, 0.25) is 5.91 Å². The van der Waals surface area contributed by atoms with Crippen LogP contribution in [-0.4, -0.2) is 41.5 Å². The van der Waals surface area contributed by atoms with E-state index < -0.39 is 0 Å². The van der Waals surface area contributed by atoms with Gasteiger partial charge >= 0.3 is 0 Å². The molecule has 1 fully saturated rings. The summed E-state index contributed by atoms with van der Waals surface area (Å²) in [7, 11) is 0. The summed E-state index contributed by atoms with van der Waals surface area (Å²) in [4.78, 5) is 18.3. The molecule has 1 amide bonds. The standard InChI is InChI=1S/C17H19ClN4O/c18-13-6-7-16(20-8-13)21-17(23)11-22-9-14(15(19)10-22)12-4-2-1-3-5-12/h1-8,14-15H,9-11,19H2,(H,20,21,23)/t14-,15+/m0/s1. The second-order valence-electron chi connectivity index (χ2n) is 5.78. The summed E-state index contributed by atoms with van der Waals surface area (Å²) in [5, 5.41) is 3.32. The molecular formula is C17H19ClN4O. The zero-order valence-electron chi connectivity index (χ0n) is 12.7. The quantitative estimate of drug-likeness (QED) is 0.900. The van der Waals surface area contributed by atoms with Crippen LogP contribution in [0, 0.1) is 0 Å². The number of nitrogens with zero attached hydrogens (tertiary/aromatic N) is 2. The minimum absolute atomic E-state index is 0.0406. The molecule has 2 aromatic rings. The molecule has 0 spiro atoms. The third-order valence-corrected chi connectivity index (χ3v) is 4.25. The Labute approximate surface area is 140 Å². The lowest BCUT2D eigenvalue weighted by Gasteiger charge is -2.15. The lowest BCUT2D eigenvalue weighted by Crippen LogP contribution is -2.33. The summed E-state index contributed by atoms with van der Waals surface area (Å²) >= 11 is 5.78. The molecule has 1 aromatic carbocycles. The minimum Gasteiger partial charge on any atom is -0.326 e. The van der Waals surface area contributed by atoms with E-state index in [1.165, 1.54) is 11.8 Å². The smallest absolute Gasteiger partial charge is 0.239 e. The molecule has 2 atom stereocenters. The molecule has 3 N–H and O–H groups in total. The number of halogens is 1. The number of anilines is 1. The van der Waals surface area contributed by atoms with Gasteiger partial charge in [0.25, 0.3) is 0 Å². The van der Waals surface area contributed by atoms with Crippen LogP contribution in [-0.2, 0) is 4.79 Å². The van der Waals surface area contributed by atoms with Crippen LogP contribution in [0.5, 0.6) is 0 Å². The van der Waals surface area contributed by atoms with E-state index in [9.17, 15) is 4.79 Å². The van der Waals surface area contributed by atoms with Gasteiger partial charge in [-0.2, -0.15) is 0 Å². The van der Waals surface area contributed by atoms with Crippen LogP contribution in [0.25, 0.3) is 0 Å². The molecule has 6 heteroatoms. The summed E-state index contributed by atoms with van der Waals surface area (Å²) in [5.41, 5.74) is 7.47. The zero-order valence-corrected chi connectivity index (χ0v) is 13.4. The monoisotopic (exact) mass is 330 g/mol. The van der Waals surface area contributed by atoms with Crippen LogP contribution in [0.4, 0.5) is 5.82 Å². The van der Waals surface area contributed by atoms with Crippen LogP contribution < -0.4 is 11.1 Å². The number of hydrogen-bond acceptors (Lipinski definition) is 4. The number of benzene rings is 1. The number of carbonyl (C=O) groups is 1. The zero-order chi connectivity index (χ0) is 16.2. The number of nitrogens with two attached hydrogens (primary N) is 1. The van der Waals surface area contributed by atoms with Crippen LogP contribution >= 0.6 is 11.6 Å². The average Bonchev–Trinajstić information content (AvgIpc) is 2.91. The van der Waals surface area contributed by atoms with Gasteiger partial charge in [-0.3, -0.25) is 9.69 Å². The van der Waals surface area contributed by atoms with Gasteiger partial charge in [0.1, 0.15) is 5.82 Å². The lowest BCUT2D eigenvalue weighted by atomic mass is 9.95. The molecule has 1 saturated heterocycles. The van der Waals surface area contributed by atoms with E-state index in [-0.39, 0.29) is 17.9 Å². The van der Waals surface area contributed by atoms with Gasteiger partial charge < -0.3 is 11.1 Å². The molecule has 5 nitrogen and oxygen atoms in total. The van der Waals surface area contributed by atoms with Gasteiger partial charge in [-0.15, -0.1) is 0 Å². The molecule has 0 radical (unpaired) electrons. The number of pyridine rings is 1. The van der Waals surface area contributed by atoms with E-state index in [0.717, 1.165) is 6.54 Å². The van der Waals surface area contributed by atoms with Gasteiger partial charge in [0, 0.05) is 31.2 Å². The maximum Gasteiger partial charge on any atom is 0.239 e. The predicted molar refractivity (Wildman–Crippen MR) is 91.5 cm³/mol. The van der Waals surface area contributed by atoms with Crippen molar-refractivity contribution in [3.8, 4) is 0 Å². The summed E-state index contributed by atoms with van der Waals surface area (Å²) in [6.07, 6.45) is 1.51. The SMILES string of the molecule is N[C@@H]1CN(CC(=O)Nc2ccc(Cl)cn2)C[C@H]1c1ccccc1. The normalized spacial score (nSPS) is 21.3. The van der Waals surface area contributed by atoms with Crippen LogP contribution in [0.15, 0.2) is 48.7 Å². The Morgan fingerprint density at radius 3 is 2.74 bits per heavy atom. The summed E-state index contributed by atoms with van der Waals surface area (Å²) < 4.78 is 0. The number of amides is 1. The first-order valence-corrected chi connectivity index (χ1v) is 7.94. The number of carbonyl (C=O) groups excluding carboxylic acids is 1. The van der Waals surface area contributed by atoms with Crippen molar-refractivity contribution in [2.24, 2.45) is 5.73 Å². The Morgan fingerprint density at radius 1 is 1.26 bits per heavy atom.